The average molecular weight is 207 g/mol. The minimum atomic E-state index is -0.447. The van der Waals surface area contributed by atoms with Gasteiger partial charge in [-0.1, -0.05) is 11.3 Å². The van der Waals surface area contributed by atoms with E-state index in [1.807, 2.05) is 6.07 Å². The highest BCUT2D eigenvalue weighted by atomic mass is 32.1. The first-order valence-electron chi connectivity index (χ1n) is 3.92. The van der Waals surface area contributed by atoms with Crippen molar-refractivity contribution in [3.05, 3.63) is 23.5 Å². The van der Waals surface area contributed by atoms with Gasteiger partial charge in [0.15, 0.2) is 10.9 Å². The van der Waals surface area contributed by atoms with Crippen LogP contribution in [0.2, 0.25) is 0 Å². The zero-order chi connectivity index (χ0) is 10.1. The van der Waals surface area contributed by atoms with E-state index in [0.29, 0.717) is 20.9 Å². The van der Waals surface area contributed by atoms with Gasteiger partial charge in [0.05, 0.1) is 16.3 Å². The number of halogens is 1. The summed E-state index contributed by atoms with van der Waals surface area (Å²) in [7, 11) is 1.72. The molecule has 2 rings (SSSR count). The molecule has 0 spiro atoms. The molecule has 1 aromatic carbocycles. The van der Waals surface area contributed by atoms with Crippen molar-refractivity contribution in [3.8, 4) is 6.07 Å². The van der Waals surface area contributed by atoms with Gasteiger partial charge < -0.3 is 5.32 Å². The zero-order valence-corrected chi connectivity index (χ0v) is 8.15. The first-order chi connectivity index (χ1) is 6.74. The Labute approximate surface area is 83.8 Å². The van der Waals surface area contributed by atoms with Crippen LogP contribution in [0, 0.1) is 17.1 Å². The van der Waals surface area contributed by atoms with Crippen LogP contribution in [0.5, 0.6) is 0 Å². The molecule has 14 heavy (non-hydrogen) atoms. The molecule has 0 aliphatic carbocycles. The first-order valence-corrected chi connectivity index (χ1v) is 4.74. The van der Waals surface area contributed by atoms with Crippen LogP contribution in [-0.4, -0.2) is 12.0 Å². The molecule has 0 unspecified atom stereocenters. The lowest BCUT2D eigenvalue weighted by Gasteiger charge is -1.90. The number of hydrogen-bond acceptors (Lipinski definition) is 4. The molecule has 0 fully saturated rings. The fourth-order valence-electron chi connectivity index (χ4n) is 1.16. The van der Waals surface area contributed by atoms with Gasteiger partial charge in [-0.25, -0.2) is 9.37 Å². The third kappa shape index (κ3) is 1.30. The lowest BCUT2D eigenvalue weighted by atomic mass is 10.2. The summed E-state index contributed by atoms with van der Waals surface area (Å²) in [5, 5.41) is 12.1. The summed E-state index contributed by atoms with van der Waals surface area (Å²) in [6.07, 6.45) is 0. The lowest BCUT2D eigenvalue weighted by molar-refractivity contribution is 0.637. The summed E-state index contributed by atoms with van der Waals surface area (Å²) >= 11 is 1.33. The van der Waals surface area contributed by atoms with E-state index in [0.717, 1.165) is 0 Å². The molecular formula is C9H6FN3S. The van der Waals surface area contributed by atoms with Gasteiger partial charge in [0.25, 0.3) is 0 Å². The number of thiazole rings is 1. The fraction of sp³-hybridized carbons (Fsp3) is 0.111. The molecular weight excluding hydrogens is 201 g/mol. The van der Waals surface area contributed by atoms with Crippen LogP contribution in [0.15, 0.2) is 12.1 Å². The quantitative estimate of drug-likeness (QED) is 0.780. The van der Waals surface area contributed by atoms with Crippen molar-refractivity contribution in [1.29, 1.82) is 5.26 Å². The second-order valence-corrected chi connectivity index (χ2v) is 3.72. The van der Waals surface area contributed by atoms with Gasteiger partial charge in [-0.2, -0.15) is 5.26 Å². The lowest BCUT2D eigenvalue weighted by Crippen LogP contribution is -1.85. The van der Waals surface area contributed by atoms with E-state index < -0.39 is 5.82 Å². The normalized spacial score (nSPS) is 10.1. The van der Waals surface area contributed by atoms with Gasteiger partial charge in [-0.3, -0.25) is 0 Å². The third-order valence-corrected chi connectivity index (χ3v) is 2.81. The van der Waals surface area contributed by atoms with E-state index in [-0.39, 0.29) is 0 Å². The van der Waals surface area contributed by atoms with Gasteiger partial charge in [0.1, 0.15) is 5.52 Å². The monoisotopic (exact) mass is 207 g/mol. The van der Waals surface area contributed by atoms with E-state index in [4.69, 9.17) is 5.26 Å². The van der Waals surface area contributed by atoms with Crippen LogP contribution in [0.25, 0.3) is 10.2 Å². The maximum atomic E-state index is 13.3. The van der Waals surface area contributed by atoms with Crippen molar-refractivity contribution >= 4 is 26.7 Å². The molecule has 0 amide bonds. The summed E-state index contributed by atoms with van der Waals surface area (Å²) in [6.45, 7) is 0. The van der Waals surface area contributed by atoms with Gasteiger partial charge in [-0.15, -0.1) is 0 Å². The van der Waals surface area contributed by atoms with Crippen molar-refractivity contribution in [1.82, 2.24) is 4.98 Å². The Balaban J connectivity index is 2.75. The van der Waals surface area contributed by atoms with Crippen LogP contribution in [0.3, 0.4) is 0 Å². The largest absolute Gasteiger partial charge is 0.365 e. The van der Waals surface area contributed by atoms with Crippen LogP contribution < -0.4 is 5.32 Å². The number of hydrogen-bond donors (Lipinski definition) is 1. The minimum Gasteiger partial charge on any atom is -0.365 e. The maximum Gasteiger partial charge on any atom is 0.183 e. The van der Waals surface area contributed by atoms with Crippen molar-refractivity contribution in [2.24, 2.45) is 0 Å². The van der Waals surface area contributed by atoms with Crippen molar-refractivity contribution < 1.29 is 4.39 Å². The summed E-state index contributed by atoms with van der Waals surface area (Å²) in [5.41, 5.74) is 0.639. The molecule has 3 nitrogen and oxygen atoms in total. The SMILES string of the molecule is CNc1nc2c(F)cc(C#N)cc2s1. The summed E-state index contributed by atoms with van der Waals surface area (Å²) < 4.78 is 14.0. The Hall–Kier alpha value is -1.67. The van der Waals surface area contributed by atoms with Crippen LogP contribution in [0.1, 0.15) is 5.56 Å². The van der Waals surface area contributed by atoms with Crippen molar-refractivity contribution in [2.45, 2.75) is 0 Å². The van der Waals surface area contributed by atoms with Crippen LogP contribution >= 0.6 is 11.3 Å². The van der Waals surface area contributed by atoms with Crippen LogP contribution in [0.4, 0.5) is 9.52 Å². The number of rotatable bonds is 1. The molecule has 0 aliphatic rings. The van der Waals surface area contributed by atoms with E-state index in [2.05, 4.69) is 10.3 Å². The van der Waals surface area contributed by atoms with E-state index in [9.17, 15) is 4.39 Å². The molecule has 0 radical (unpaired) electrons. The molecule has 0 saturated carbocycles. The summed E-state index contributed by atoms with van der Waals surface area (Å²) in [6, 6.07) is 4.74. The number of nitriles is 1. The number of fused-ring (bicyclic) bond motifs is 1. The number of aromatic nitrogens is 1. The number of nitrogens with one attached hydrogen (secondary N) is 1. The molecule has 70 valence electrons. The Kier molecular flexibility index (Phi) is 2.06. The first kappa shape index (κ1) is 8.91. The second-order valence-electron chi connectivity index (χ2n) is 2.69. The predicted molar refractivity (Wildman–Crippen MR) is 53.8 cm³/mol. The highest BCUT2D eigenvalue weighted by Crippen LogP contribution is 2.28. The molecule has 0 aliphatic heterocycles. The highest BCUT2D eigenvalue weighted by molar-refractivity contribution is 7.22. The van der Waals surface area contributed by atoms with Gasteiger partial charge in [-0.05, 0) is 12.1 Å². The molecule has 5 heteroatoms. The minimum absolute atomic E-state index is 0.318. The molecule has 1 N–H and O–H groups in total. The molecule has 1 heterocycles. The van der Waals surface area contributed by atoms with Gasteiger partial charge in [0.2, 0.25) is 0 Å². The van der Waals surface area contributed by atoms with E-state index in [1.165, 1.54) is 17.4 Å². The fourth-order valence-corrected chi connectivity index (χ4v) is 2.03. The topological polar surface area (TPSA) is 48.7 Å². The van der Waals surface area contributed by atoms with E-state index >= 15 is 0 Å². The smallest absolute Gasteiger partial charge is 0.183 e. The molecule has 2 aromatic rings. The average Bonchev–Trinajstić information content (AvgIpc) is 2.61. The maximum absolute atomic E-state index is 13.3. The molecule has 0 atom stereocenters. The predicted octanol–water partition coefficient (Wildman–Crippen LogP) is 2.35. The van der Waals surface area contributed by atoms with Crippen LogP contribution in [-0.2, 0) is 0 Å². The highest BCUT2D eigenvalue weighted by Gasteiger charge is 2.09. The summed E-state index contributed by atoms with van der Waals surface area (Å²) in [4.78, 5) is 4.03. The van der Waals surface area contributed by atoms with E-state index in [1.54, 1.807) is 13.1 Å². The Bertz CT molecular complexity index is 527. The number of benzene rings is 1. The Morgan fingerprint density at radius 2 is 2.36 bits per heavy atom. The summed E-state index contributed by atoms with van der Waals surface area (Å²) in [5.74, 6) is -0.447. The molecule has 0 saturated heterocycles. The second kappa shape index (κ2) is 3.24. The van der Waals surface area contributed by atoms with Crippen molar-refractivity contribution in [2.75, 3.05) is 12.4 Å². The van der Waals surface area contributed by atoms with Gasteiger partial charge in [0, 0.05) is 7.05 Å². The standard InChI is InChI=1S/C9H6FN3S/c1-12-9-13-8-6(10)2-5(4-11)3-7(8)14-9/h2-3H,1H3,(H,12,13). The Morgan fingerprint density at radius 3 is 3.00 bits per heavy atom. The van der Waals surface area contributed by atoms with Crippen molar-refractivity contribution in [3.63, 3.8) is 0 Å². The third-order valence-electron chi connectivity index (χ3n) is 1.79. The zero-order valence-electron chi connectivity index (χ0n) is 7.34. The number of nitrogens with zero attached hydrogens (tertiary/aromatic N) is 2. The van der Waals surface area contributed by atoms with Gasteiger partial charge >= 0.3 is 0 Å². The molecule has 1 aromatic heterocycles. The Morgan fingerprint density at radius 1 is 1.57 bits per heavy atom. The molecule has 0 bridgehead atoms. The number of anilines is 1.